The summed E-state index contributed by atoms with van der Waals surface area (Å²) in [4.78, 5) is 9.21. The monoisotopic (exact) mass is 733 g/mol. The van der Waals surface area contributed by atoms with E-state index in [-0.39, 0.29) is 7.43 Å². The van der Waals surface area contributed by atoms with Crippen LogP contribution in [0.1, 0.15) is 7.43 Å². The zero-order valence-electron chi connectivity index (χ0n) is 30.9. The maximum Gasteiger partial charge on any atom is 0.0462 e. The van der Waals surface area contributed by atoms with E-state index >= 15 is 0 Å². The predicted octanol–water partition coefficient (Wildman–Crippen LogP) is 15.3. The van der Waals surface area contributed by atoms with Crippen LogP contribution in [0.2, 0.25) is 0 Å². The van der Waals surface area contributed by atoms with Crippen molar-refractivity contribution in [3.8, 4) is 44.5 Å². The molecule has 57 heavy (non-hydrogen) atoms. The minimum atomic E-state index is 0. The van der Waals surface area contributed by atoms with E-state index in [0.29, 0.717) is 0 Å². The lowest BCUT2D eigenvalue weighted by Gasteiger charge is -2.25. The van der Waals surface area contributed by atoms with E-state index in [4.69, 9.17) is 0 Å². The number of hydrogen-bond donors (Lipinski definition) is 0. The van der Waals surface area contributed by atoms with Crippen molar-refractivity contribution in [2.45, 2.75) is 7.43 Å². The van der Waals surface area contributed by atoms with Gasteiger partial charge in [-0.2, -0.15) is 0 Å². The van der Waals surface area contributed by atoms with E-state index in [1.54, 1.807) is 0 Å². The summed E-state index contributed by atoms with van der Waals surface area (Å²) in [6, 6.07) is 79.4. The van der Waals surface area contributed by atoms with Gasteiger partial charge in [-0.15, -0.1) is 0 Å². The number of benzene rings is 8. The van der Waals surface area contributed by atoms with E-state index in [2.05, 4.69) is 239 Å². The zero-order valence-corrected chi connectivity index (χ0v) is 30.9. The first-order valence-electron chi connectivity index (χ1n) is 18.9. The third kappa shape index (κ3) is 8.00. The molecule has 0 atom stereocenters. The van der Waals surface area contributed by atoms with Crippen LogP contribution >= 0.6 is 0 Å². The molecule has 0 saturated carbocycles. The topological polar surface area (TPSA) is 19.4 Å². The van der Waals surface area contributed by atoms with Crippen molar-refractivity contribution in [2.24, 2.45) is 0 Å². The Labute approximate surface area is 336 Å². The van der Waals surface area contributed by atoms with E-state index < -0.39 is 0 Å². The van der Waals surface area contributed by atoms with E-state index in [9.17, 15) is 0 Å². The van der Waals surface area contributed by atoms with Crippen molar-refractivity contribution in [3.05, 3.63) is 237 Å². The molecule has 0 unspecified atom stereocenters. The zero-order chi connectivity index (χ0) is 37.5. The molecule has 0 saturated heterocycles. The molecule has 8 aromatic carbocycles. The Bertz CT molecular complexity index is 2360. The molecule has 274 valence electrons. The molecule has 3 nitrogen and oxygen atoms in total. The number of rotatable bonds is 10. The summed E-state index contributed by atoms with van der Waals surface area (Å²) in [6.45, 7) is 0. The van der Waals surface area contributed by atoms with Crippen LogP contribution in [-0.2, 0) is 0 Å². The average molecular weight is 734 g/mol. The highest BCUT2D eigenvalue weighted by Gasteiger charge is 2.14. The van der Waals surface area contributed by atoms with Crippen molar-refractivity contribution < 1.29 is 0 Å². The smallest absolute Gasteiger partial charge is 0.0462 e. The molecule has 0 spiro atoms. The summed E-state index contributed by atoms with van der Waals surface area (Å²) in [5.74, 6) is 0. The molecular formula is C54H43N3. The number of nitrogens with zero attached hydrogens (tertiary/aromatic N) is 3. The van der Waals surface area contributed by atoms with Gasteiger partial charge in [-0.3, -0.25) is 4.98 Å². The van der Waals surface area contributed by atoms with Crippen LogP contribution in [0.3, 0.4) is 0 Å². The lowest BCUT2D eigenvalue weighted by Crippen LogP contribution is -2.09. The molecule has 0 aliphatic rings. The molecule has 0 N–H and O–H groups in total. The highest BCUT2D eigenvalue weighted by Crippen LogP contribution is 2.37. The van der Waals surface area contributed by atoms with E-state index in [1.165, 1.54) is 22.3 Å². The fourth-order valence-electron chi connectivity index (χ4n) is 7.27. The Morgan fingerprint density at radius 2 is 0.439 bits per heavy atom. The van der Waals surface area contributed by atoms with Crippen molar-refractivity contribution in [1.82, 2.24) is 4.98 Å². The normalized spacial score (nSPS) is 10.7. The molecule has 0 aliphatic carbocycles. The molecule has 0 aliphatic heterocycles. The van der Waals surface area contributed by atoms with Crippen LogP contribution in [0, 0.1) is 0 Å². The summed E-state index contributed by atoms with van der Waals surface area (Å²) < 4.78 is 0. The van der Waals surface area contributed by atoms with Crippen LogP contribution in [0.15, 0.2) is 237 Å². The van der Waals surface area contributed by atoms with Gasteiger partial charge in [0.1, 0.15) is 0 Å². The number of para-hydroxylation sites is 4. The molecule has 1 aromatic heterocycles. The molecule has 0 radical (unpaired) electrons. The van der Waals surface area contributed by atoms with Crippen LogP contribution in [0.25, 0.3) is 44.5 Å². The van der Waals surface area contributed by atoms with Gasteiger partial charge in [0.25, 0.3) is 0 Å². The molecule has 9 rings (SSSR count). The van der Waals surface area contributed by atoms with Gasteiger partial charge in [0, 0.05) is 57.6 Å². The first kappa shape index (κ1) is 36.5. The van der Waals surface area contributed by atoms with E-state index in [0.717, 1.165) is 56.4 Å². The Hall–Kier alpha value is -7.49. The second-order valence-electron chi connectivity index (χ2n) is 13.7. The second-order valence-corrected chi connectivity index (χ2v) is 13.7. The molecule has 0 bridgehead atoms. The van der Waals surface area contributed by atoms with Gasteiger partial charge in [-0.05, 0) is 112 Å². The largest absolute Gasteiger partial charge is 0.311 e. The Morgan fingerprint density at radius 1 is 0.228 bits per heavy atom. The minimum Gasteiger partial charge on any atom is -0.311 e. The lowest BCUT2D eigenvalue weighted by molar-refractivity contribution is 1.28. The number of pyridine rings is 1. The summed E-state index contributed by atoms with van der Waals surface area (Å²) in [7, 11) is 0. The minimum absolute atomic E-state index is 0. The van der Waals surface area contributed by atoms with Crippen LogP contribution in [-0.4, -0.2) is 4.98 Å². The Balaban J connectivity index is 0.00000455. The first-order valence-corrected chi connectivity index (χ1v) is 18.9. The highest BCUT2D eigenvalue weighted by atomic mass is 15.1. The molecule has 0 amide bonds. The molecular weight excluding hydrogens is 691 g/mol. The van der Waals surface area contributed by atoms with Crippen molar-refractivity contribution in [3.63, 3.8) is 0 Å². The number of hydrogen-bond acceptors (Lipinski definition) is 3. The molecule has 9 aromatic rings. The van der Waals surface area contributed by atoms with Gasteiger partial charge in [0.15, 0.2) is 0 Å². The third-order valence-electron chi connectivity index (χ3n) is 10.1. The predicted molar refractivity (Wildman–Crippen MR) is 242 cm³/mol. The van der Waals surface area contributed by atoms with Gasteiger partial charge >= 0.3 is 0 Å². The summed E-state index contributed by atoms with van der Waals surface area (Å²) in [5.41, 5.74) is 15.9. The Morgan fingerprint density at radius 3 is 0.702 bits per heavy atom. The van der Waals surface area contributed by atoms with Gasteiger partial charge < -0.3 is 9.80 Å². The number of aromatic nitrogens is 1. The van der Waals surface area contributed by atoms with Crippen LogP contribution < -0.4 is 9.80 Å². The van der Waals surface area contributed by atoms with Crippen LogP contribution in [0.5, 0.6) is 0 Å². The van der Waals surface area contributed by atoms with E-state index in [1.807, 2.05) is 12.4 Å². The van der Waals surface area contributed by atoms with Gasteiger partial charge in [0.2, 0.25) is 0 Å². The average Bonchev–Trinajstić information content (AvgIpc) is 3.29. The van der Waals surface area contributed by atoms with Crippen molar-refractivity contribution >= 4 is 34.1 Å². The van der Waals surface area contributed by atoms with Gasteiger partial charge in [-0.1, -0.05) is 153 Å². The lowest BCUT2D eigenvalue weighted by atomic mass is 9.97. The van der Waals surface area contributed by atoms with Crippen molar-refractivity contribution in [2.75, 3.05) is 9.80 Å². The quantitative estimate of drug-likeness (QED) is 0.139. The number of anilines is 6. The maximum absolute atomic E-state index is 4.64. The summed E-state index contributed by atoms with van der Waals surface area (Å²) >= 11 is 0. The molecule has 3 heteroatoms. The summed E-state index contributed by atoms with van der Waals surface area (Å²) in [5, 5.41) is 0. The fourth-order valence-corrected chi connectivity index (χ4v) is 7.27. The SMILES string of the molecule is C.c1ccc(N(c2ccccc2)c2ccc(-c3ccc(-c4cncc(-c5ccc(-c6ccc(N(c7ccccc7)c7ccccc7)cc6)cc5)c4)cc3)cc2)cc1. The fraction of sp³-hybridized carbons (Fsp3) is 0.0185. The van der Waals surface area contributed by atoms with Gasteiger partial charge in [-0.25, -0.2) is 0 Å². The van der Waals surface area contributed by atoms with Crippen molar-refractivity contribution in [1.29, 1.82) is 0 Å². The van der Waals surface area contributed by atoms with Gasteiger partial charge in [0.05, 0.1) is 0 Å². The maximum atomic E-state index is 4.64. The second kappa shape index (κ2) is 16.9. The Kier molecular flexibility index (Phi) is 10.8. The molecule has 0 fully saturated rings. The third-order valence-corrected chi connectivity index (χ3v) is 10.1. The highest BCUT2D eigenvalue weighted by molar-refractivity contribution is 5.81. The standard InChI is InChI=1S/C53H39N3.CH4/c1-5-13-48(14-6-1)55(49-15-7-2-8-16-49)52-33-29-42(30-34-52)40-21-25-44(26-22-40)46-37-47(39-54-38-46)45-27-23-41(24-28-45)43-31-35-53(36-32-43)56(50-17-9-3-10-18-50)51-19-11-4-12-20-51;/h1-39H;1H4. The van der Waals surface area contributed by atoms with Crippen LogP contribution in [0.4, 0.5) is 34.1 Å². The summed E-state index contributed by atoms with van der Waals surface area (Å²) in [6.07, 6.45) is 3.89. The first-order chi connectivity index (χ1) is 27.8. The molecule has 1 heterocycles.